The van der Waals surface area contributed by atoms with Gasteiger partial charge in [0.25, 0.3) is 0 Å². The van der Waals surface area contributed by atoms with Gasteiger partial charge in [0.1, 0.15) is 5.75 Å². The van der Waals surface area contributed by atoms with Crippen molar-refractivity contribution in [1.29, 1.82) is 0 Å². The second-order valence-electron chi connectivity index (χ2n) is 3.96. The summed E-state index contributed by atoms with van der Waals surface area (Å²) in [6, 6.07) is 8.36. The molecule has 0 bridgehead atoms. The highest BCUT2D eigenvalue weighted by Crippen LogP contribution is 2.10. The fourth-order valence-electron chi connectivity index (χ4n) is 1.64. The zero-order chi connectivity index (χ0) is 12.5. The van der Waals surface area contributed by atoms with E-state index in [-0.39, 0.29) is 0 Å². The van der Waals surface area contributed by atoms with E-state index >= 15 is 0 Å². The van der Waals surface area contributed by atoms with Crippen molar-refractivity contribution >= 4 is 28.6 Å². The number of thiocarbonyl (C=S) groups is 1. The molecule has 0 radical (unpaired) electrons. The number of hydrogen-bond acceptors (Lipinski definition) is 3. The maximum absolute atomic E-state index is 10.9. The molecule has 1 aromatic rings. The maximum Gasteiger partial charge on any atom is 0.105 e. The number of aryl methyl sites for hydroxylation is 1. The lowest BCUT2D eigenvalue weighted by atomic mass is 10.1. The van der Waals surface area contributed by atoms with Crippen molar-refractivity contribution in [1.82, 2.24) is 0 Å². The van der Waals surface area contributed by atoms with Crippen LogP contribution in [0.4, 0.5) is 0 Å². The minimum atomic E-state index is -0.667. The van der Waals surface area contributed by atoms with Crippen LogP contribution in [0.25, 0.3) is 0 Å². The Hall–Kier alpha value is -0.670. The molecule has 0 heterocycles. The third kappa shape index (κ3) is 6.59. The monoisotopic (exact) mass is 267 g/mol. The van der Waals surface area contributed by atoms with E-state index in [1.807, 2.05) is 12.1 Å². The van der Waals surface area contributed by atoms with Gasteiger partial charge in [-0.25, -0.2) is 4.99 Å². The lowest BCUT2D eigenvalue weighted by Gasteiger charge is -2.05. The van der Waals surface area contributed by atoms with Gasteiger partial charge in [-0.3, -0.25) is 0 Å². The SMILES string of the molecule is C[S+]([O-])CCCCc1cccc(CN=C=S)c1. The summed E-state index contributed by atoms with van der Waals surface area (Å²) in [5.41, 5.74) is 2.47. The largest absolute Gasteiger partial charge is 0.617 e. The molecule has 0 amide bonds. The number of hydrogen-bond donors (Lipinski definition) is 0. The molecule has 92 valence electrons. The summed E-state index contributed by atoms with van der Waals surface area (Å²) in [6.07, 6.45) is 4.89. The van der Waals surface area contributed by atoms with Gasteiger partial charge in [-0.05, 0) is 42.6 Å². The van der Waals surface area contributed by atoms with Crippen LogP contribution in [0.2, 0.25) is 0 Å². The molecule has 0 aliphatic rings. The van der Waals surface area contributed by atoms with E-state index < -0.39 is 11.2 Å². The minimum Gasteiger partial charge on any atom is -0.617 e. The van der Waals surface area contributed by atoms with E-state index in [1.54, 1.807) is 6.26 Å². The van der Waals surface area contributed by atoms with Gasteiger partial charge < -0.3 is 4.55 Å². The summed E-state index contributed by atoms with van der Waals surface area (Å²) in [6.45, 7) is 0.607. The van der Waals surface area contributed by atoms with Gasteiger partial charge in [0, 0.05) is 0 Å². The maximum atomic E-state index is 10.9. The van der Waals surface area contributed by atoms with Crippen LogP contribution in [0, 0.1) is 0 Å². The highest BCUT2D eigenvalue weighted by atomic mass is 32.2. The normalized spacial score (nSPS) is 11.9. The number of nitrogens with zero attached hydrogens (tertiary/aromatic N) is 1. The highest BCUT2D eigenvalue weighted by molar-refractivity contribution is 7.90. The van der Waals surface area contributed by atoms with Gasteiger partial charge in [0.15, 0.2) is 0 Å². The van der Waals surface area contributed by atoms with Crippen LogP contribution in [0.5, 0.6) is 0 Å². The lowest BCUT2D eigenvalue weighted by Crippen LogP contribution is -2.03. The number of rotatable bonds is 7. The van der Waals surface area contributed by atoms with Gasteiger partial charge in [-0.15, -0.1) is 0 Å². The molecule has 0 saturated carbocycles. The van der Waals surface area contributed by atoms with E-state index in [4.69, 9.17) is 0 Å². The van der Waals surface area contributed by atoms with Crippen LogP contribution in [0.15, 0.2) is 29.3 Å². The molecule has 2 nitrogen and oxygen atoms in total. The third-order valence-corrected chi connectivity index (χ3v) is 3.46. The molecular formula is C13H17NOS2. The molecule has 1 aromatic carbocycles. The van der Waals surface area contributed by atoms with E-state index in [2.05, 4.69) is 34.5 Å². The highest BCUT2D eigenvalue weighted by Gasteiger charge is 1.99. The van der Waals surface area contributed by atoms with Crippen molar-refractivity contribution in [2.45, 2.75) is 25.8 Å². The molecular weight excluding hydrogens is 250 g/mol. The predicted molar refractivity (Wildman–Crippen MR) is 77.0 cm³/mol. The Kier molecular flexibility index (Phi) is 7.13. The molecule has 0 saturated heterocycles. The first-order valence-electron chi connectivity index (χ1n) is 5.64. The standard InChI is InChI=1S/C13H17NOS2/c1-17(15)8-3-2-5-12-6-4-7-13(9-12)10-14-11-16/h4,6-7,9H,2-3,5,8,10H2,1H3. The summed E-state index contributed by atoms with van der Waals surface area (Å²) in [5, 5.41) is 2.37. The van der Waals surface area contributed by atoms with Crippen molar-refractivity contribution in [2.75, 3.05) is 12.0 Å². The first-order valence-corrected chi connectivity index (χ1v) is 7.77. The van der Waals surface area contributed by atoms with Crippen LogP contribution in [0.1, 0.15) is 24.0 Å². The molecule has 0 fully saturated rings. The average Bonchev–Trinajstić information content (AvgIpc) is 2.32. The van der Waals surface area contributed by atoms with Gasteiger partial charge in [-0.2, -0.15) is 0 Å². The predicted octanol–water partition coefficient (Wildman–Crippen LogP) is 2.99. The van der Waals surface area contributed by atoms with Crippen LogP contribution >= 0.6 is 12.2 Å². The van der Waals surface area contributed by atoms with Crippen molar-refractivity contribution in [3.05, 3.63) is 35.4 Å². The quantitative estimate of drug-likeness (QED) is 0.329. The molecule has 0 aliphatic carbocycles. The van der Waals surface area contributed by atoms with Crippen LogP contribution in [-0.4, -0.2) is 21.7 Å². The van der Waals surface area contributed by atoms with Crippen molar-refractivity contribution in [2.24, 2.45) is 4.99 Å². The molecule has 4 heteroatoms. The second kappa shape index (κ2) is 8.43. The molecule has 0 spiro atoms. The molecule has 0 aromatic heterocycles. The van der Waals surface area contributed by atoms with Crippen LogP contribution in [-0.2, 0) is 24.1 Å². The van der Waals surface area contributed by atoms with Crippen molar-refractivity contribution < 1.29 is 4.55 Å². The fraction of sp³-hybridized carbons (Fsp3) is 0.462. The molecule has 1 unspecified atom stereocenters. The van der Waals surface area contributed by atoms with E-state index in [9.17, 15) is 4.55 Å². The Labute approximate surface area is 111 Å². The fourth-order valence-corrected chi connectivity index (χ4v) is 2.32. The van der Waals surface area contributed by atoms with Gasteiger partial charge in [-0.1, -0.05) is 35.4 Å². The van der Waals surface area contributed by atoms with E-state index in [1.165, 1.54) is 11.1 Å². The van der Waals surface area contributed by atoms with Crippen molar-refractivity contribution in [3.63, 3.8) is 0 Å². The molecule has 1 rings (SSSR count). The van der Waals surface area contributed by atoms with E-state index in [0.717, 1.165) is 25.0 Å². The Morgan fingerprint density at radius 1 is 1.35 bits per heavy atom. The molecule has 17 heavy (non-hydrogen) atoms. The second-order valence-corrected chi connectivity index (χ2v) is 5.70. The Morgan fingerprint density at radius 3 is 2.82 bits per heavy atom. The number of unbranched alkanes of at least 4 members (excludes halogenated alkanes) is 1. The summed E-state index contributed by atoms with van der Waals surface area (Å²) >= 11 is 3.88. The Bertz CT molecular complexity index is 387. The van der Waals surface area contributed by atoms with Gasteiger partial charge in [0.2, 0.25) is 0 Å². The average molecular weight is 267 g/mol. The number of isothiocyanates is 1. The zero-order valence-corrected chi connectivity index (χ0v) is 11.6. The zero-order valence-electron chi connectivity index (χ0n) is 10.0. The van der Waals surface area contributed by atoms with E-state index in [0.29, 0.717) is 6.54 Å². The Morgan fingerprint density at radius 2 is 2.12 bits per heavy atom. The summed E-state index contributed by atoms with van der Waals surface area (Å²) in [5.74, 6) is 0.800. The molecule has 0 aliphatic heterocycles. The van der Waals surface area contributed by atoms with Gasteiger partial charge in [0.05, 0.1) is 18.0 Å². The smallest absolute Gasteiger partial charge is 0.105 e. The van der Waals surface area contributed by atoms with Crippen LogP contribution in [0.3, 0.4) is 0 Å². The number of aliphatic imine (C=N–C) groups is 1. The lowest BCUT2D eigenvalue weighted by molar-refractivity contribution is 0.596. The minimum absolute atomic E-state index is 0.607. The third-order valence-electron chi connectivity index (χ3n) is 2.46. The summed E-state index contributed by atoms with van der Waals surface area (Å²) in [7, 11) is 0. The summed E-state index contributed by atoms with van der Waals surface area (Å²) in [4.78, 5) is 3.93. The number of benzene rings is 1. The topological polar surface area (TPSA) is 35.4 Å². The van der Waals surface area contributed by atoms with Gasteiger partial charge >= 0.3 is 0 Å². The van der Waals surface area contributed by atoms with Crippen LogP contribution < -0.4 is 0 Å². The molecule has 1 atom stereocenters. The Balaban J connectivity index is 2.40. The van der Waals surface area contributed by atoms with Crippen molar-refractivity contribution in [3.8, 4) is 0 Å². The first kappa shape index (κ1) is 14.4. The summed E-state index contributed by atoms with van der Waals surface area (Å²) < 4.78 is 10.9. The first-order chi connectivity index (χ1) is 8.22. The molecule has 0 N–H and O–H groups in total.